The molecule has 3 aromatic rings. The van der Waals surface area contributed by atoms with Crippen LogP contribution in [0.15, 0.2) is 73.3 Å². The van der Waals surface area contributed by atoms with Gasteiger partial charge in [0.2, 0.25) is 0 Å². The van der Waals surface area contributed by atoms with Gasteiger partial charge >= 0.3 is 0 Å². The smallest absolute Gasteiger partial charge is 0.164 e. The van der Waals surface area contributed by atoms with Crippen molar-refractivity contribution in [2.45, 2.75) is 6.42 Å². The second kappa shape index (κ2) is 7.87. The Bertz CT molecular complexity index is 931. The van der Waals surface area contributed by atoms with Crippen LogP contribution in [-0.4, -0.2) is 14.2 Å². The highest BCUT2D eigenvalue weighted by Crippen LogP contribution is 2.39. The van der Waals surface area contributed by atoms with E-state index in [4.69, 9.17) is 9.47 Å². The third-order valence-electron chi connectivity index (χ3n) is 4.36. The van der Waals surface area contributed by atoms with E-state index in [0.29, 0.717) is 23.5 Å². The molecule has 0 aliphatic carbocycles. The third-order valence-corrected chi connectivity index (χ3v) is 4.36. The van der Waals surface area contributed by atoms with Gasteiger partial charge in [-0.2, -0.15) is 0 Å². The predicted octanol–water partition coefficient (Wildman–Crippen LogP) is 5.91. The lowest BCUT2D eigenvalue weighted by atomic mass is 9.93. The van der Waals surface area contributed by atoms with E-state index in [1.165, 1.54) is 6.07 Å². The van der Waals surface area contributed by atoms with Gasteiger partial charge in [0.1, 0.15) is 5.82 Å². The first-order chi connectivity index (χ1) is 12.7. The number of ether oxygens (including phenoxy) is 2. The van der Waals surface area contributed by atoms with Crippen molar-refractivity contribution in [3.05, 3.63) is 84.7 Å². The molecule has 0 N–H and O–H groups in total. The first kappa shape index (κ1) is 17.7. The molecule has 3 rings (SSSR count). The van der Waals surface area contributed by atoms with Crippen LogP contribution >= 0.6 is 0 Å². The van der Waals surface area contributed by atoms with Crippen LogP contribution in [0.2, 0.25) is 0 Å². The van der Waals surface area contributed by atoms with Crippen LogP contribution in [0.1, 0.15) is 5.56 Å². The molecule has 0 spiro atoms. The van der Waals surface area contributed by atoms with Gasteiger partial charge in [-0.1, -0.05) is 48.5 Å². The maximum Gasteiger partial charge on any atom is 0.164 e. The minimum Gasteiger partial charge on any atom is -0.493 e. The molecule has 0 heterocycles. The minimum absolute atomic E-state index is 0.233. The number of rotatable bonds is 6. The Labute approximate surface area is 153 Å². The van der Waals surface area contributed by atoms with Gasteiger partial charge in [-0.05, 0) is 41.3 Å². The first-order valence-corrected chi connectivity index (χ1v) is 8.39. The van der Waals surface area contributed by atoms with E-state index in [0.717, 1.165) is 22.3 Å². The summed E-state index contributed by atoms with van der Waals surface area (Å²) in [4.78, 5) is 0. The quantitative estimate of drug-likeness (QED) is 0.516. The van der Waals surface area contributed by atoms with Crippen LogP contribution in [-0.2, 0) is 6.42 Å². The van der Waals surface area contributed by atoms with Gasteiger partial charge in [-0.25, -0.2) is 4.39 Å². The first-order valence-electron chi connectivity index (χ1n) is 8.39. The predicted molar refractivity (Wildman–Crippen MR) is 104 cm³/mol. The normalized spacial score (nSPS) is 10.4. The summed E-state index contributed by atoms with van der Waals surface area (Å²) in [6.45, 7) is 3.85. The van der Waals surface area contributed by atoms with E-state index in [9.17, 15) is 4.39 Å². The zero-order chi connectivity index (χ0) is 18.5. The van der Waals surface area contributed by atoms with Crippen molar-refractivity contribution >= 4 is 0 Å². The van der Waals surface area contributed by atoms with Gasteiger partial charge in [-0.3, -0.25) is 0 Å². The Hall–Kier alpha value is -3.07. The standard InChI is InChI=1S/C23H21FO2/c1-4-8-20-18(13-14-22(25-2)23(20)26-3)16-9-7-10-17(15-16)19-11-5-6-12-21(19)24/h4-7,9-15H,1,8H2,2-3H3. The summed E-state index contributed by atoms with van der Waals surface area (Å²) >= 11 is 0. The highest BCUT2D eigenvalue weighted by molar-refractivity contribution is 5.77. The second-order valence-electron chi connectivity index (χ2n) is 5.88. The summed E-state index contributed by atoms with van der Waals surface area (Å²) in [6.07, 6.45) is 2.47. The second-order valence-corrected chi connectivity index (χ2v) is 5.88. The van der Waals surface area contributed by atoms with Crippen molar-refractivity contribution < 1.29 is 13.9 Å². The van der Waals surface area contributed by atoms with Crippen LogP contribution in [0, 0.1) is 5.82 Å². The molecule has 0 unspecified atom stereocenters. The molecule has 0 atom stereocenters. The van der Waals surface area contributed by atoms with Gasteiger partial charge in [0.25, 0.3) is 0 Å². The minimum atomic E-state index is -0.233. The van der Waals surface area contributed by atoms with Crippen molar-refractivity contribution in [1.29, 1.82) is 0 Å². The lowest BCUT2D eigenvalue weighted by Crippen LogP contribution is -1.98. The Kier molecular flexibility index (Phi) is 5.37. The third kappa shape index (κ3) is 3.33. The molecule has 0 fully saturated rings. The Balaban J connectivity index is 2.17. The maximum absolute atomic E-state index is 14.2. The van der Waals surface area contributed by atoms with E-state index in [2.05, 4.69) is 6.58 Å². The Morgan fingerprint density at radius 2 is 1.62 bits per heavy atom. The molecule has 3 aromatic carbocycles. The zero-order valence-electron chi connectivity index (χ0n) is 15.0. The lowest BCUT2D eigenvalue weighted by Gasteiger charge is -2.17. The van der Waals surface area contributed by atoms with Gasteiger partial charge in [0, 0.05) is 11.1 Å². The summed E-state index contributed by atoms with van der Waals surface area (Å²) in [5.41, 5.74) is 4.41. The van der Waals surface area contributed by atoms with E-state index < -0.39 is 0 Å². The molecule has 0 bridgehead atoms. The molecular formula is C23H21FO2. The van der Waals surface area contributed by atoms with Crippen LogP contribution in [0.25, 0.3) is 22.3 Å². The molecule has 0 aliphatic rings. The SMILES string of the molecule is C=CCc1c(-c2cccc(-c3ccccc3F)c2)ccc(OC)c1OC. The summed E-state index contributed by atoms with van der Waals surface area (Å²) in [6, 6.07) is 18.5. The van der Waals surface area contributed by atoms with Crippen LogP contribution in [0.3, 0.4) is 0 Å². The fourth-order valence-electron chi connectivity index (χ4n) is 3.16. The van der Waals surface area contributed by atoms with Crippen LogP contribution < -0.4 is 9.47 Å². The molecule has 0 aromatic heterocycles. The fourth-order valence-corrected chi connectivity index (χ4v) is 3.16. The molecule has 0 saturated carbocycles. The lowest BCUT2D eigenvalue weighted by molar-refractivity contribution is 0.352. The molecule has 0 amide bonds. The largest absolute Gasteiger partial charge is 0.493 e. The van der Waals surface area contributed by atoms with Crippen molar-refractivity contribution in [3.63, 3.8) is 0 Å². The van der Waals surface area contributed by atoms with Crippen molar-refractivity contribution in [3.8, 4) is 33.8 Å². The summed E-state index contributed by atoms with van der Waals surface area (Å²) in [5.74, 6) is 1.14. The topological polar surface area (TPSA) is 18.5 Å². The molecular weight excluding hydrogens is 327 g/mol. The number of methoxy groups -OCH3 is 2. The van der Waals surface area contributed by atoms with E-state index in [-0.39, 0.29) is 5.82 Å². The fraction of sp³-hybridized carbons (Fsp3) is 0.130. The summed E-state index contributed by atoms with van der Waals surface area (Å²) in [7, 11) is 3.25. The average Bonchev–Trinajstić information content (AvgIpc) is 2.68. The molecule has 2 nitrogen and oxygen atoms in total. The number of halogens is 1. The maximum atomic E-state index is 14.2. The average molecular weight is 348 g/mol. The number of hydrogen-bond acceptors (Lipinski definition) is 2. The van der Waals surface area contributed by atoms with E-state index in [1.807, 2.05) is 48.5 Å². The molecule has 0 radical (unpaired) electrons. The summed E-state index contributed by atoms with van der Waals surface area (Å²) < 4.78 is 25.2. The van der Waals surface area contributed by atoms with Gasteiger partial charge < -0.3 is 9.47 Å². The highest BCUT2D eigenvalue weighted by Gasteiger charge is 2.16. The van der Waals surface area contributed by atoms with Crippen LogP contribution in [0.5, 0.6) is 11.5 Å². The number of hydrogen-bond donors (Lipinski definition) is 0. The van der Waals surface area contributed by atoms with Crippen LogP contribution in [0.4, 0.5) is 4.39 Å². The van der Waals surface area contributed by atoms with Crippen molar-refractivity contribution in [2.75, 3.05) is 14.2 Å². The Morgan fingerprint density at radius 3 is 2.27 bits per heavy atom. The molecule has 26 heavy (non-hydrogen) atoms. The monoisotopic (exact) mass is 348 g/mol. The number of allylic oxidation sites excluding steroid dienone is 1. The van der Waals surface area contributed by atoms with Crippen molar-refractivity contribution in [1.82, 2.24) is 0 Å². The molecule has 132 valence electrons. The van der Waals surface area contributed by atoms with Gasteiger partial charge in [0.05, 0.1) is 14.2 Å². The number of benzene rings is 3. The molecule has 0 aliphatic heterocycles. The van der Waals surface area contributed by atoms with Crippen molar-refractivity contribution in [2.24, 2.45) is 0 Å². The molecule has 3 heteroatoms. The summed E-state index contributed by atoms with van der Waals surface area (Å²) in [5, 5.41) is 0. The Morgan fingerprint density at radius 1 is 0.885 bits per heavy atom. The van der Waals surface area contributed by atoms with E-state index in [1.54, 1.807) is 26.4 Å². The van der Waals surface area contributed by atoms with E-state index >= 15 is 0 Å². The highest BCUT2D eigenvalue weighted by atomic mass is 19.1. The van der Waals surface area contributed by atoms with Gasteiger partial charge in [0.15, 0.2) is 11.5 Å². The molecule has 0 saturated heterocycles. The zero-order valence-corrected chi connectivity index (χ0v) is 15.0. The van der Waals surface area contributed by atoms with Gasteiger partial charge in [-0.15, -0.1) is 6.58 Å².